The molecule has 0 fully saturated rings. The summed E-state index contributed by atoms with van der Waals surface area (Å²) in [7, 11) is 0. The van der Waals surface area contributed by atoms with Gasteiger partial charge < -0.3 is 4.74 Å². The molecule has 2 atom stereocenters. The maximum absolute atomic E-state index is 13.0. The Morgan fingerprint density at radius 3 is 2.00 bits per heavy atom. The maximum Gasteiger partial charge on any atom is 0.416 e. The molecule has 1 aliphatic heterocycles. The van der Waals surface area contributed by atoms with Crippen molar-refractivity contribution in [3.05, 3.63) is 70.3 Å². The van der Waals surface area contributed by atoms with Gasteiger partial charge in [-0.3, -0.25) is 0 Å². The third-order valence-corrected chi connectivity index (χ3v) is 4.92. The summed E-state index contributed by atoms with van der Waals surface area (Å²) in [5, 5.41) is 0. The van der Waals surface area contributed by atoms with Crippen molar-refractivity contribution < 1.29 is 35.9 Å². The maximum atomic E-state index is 13.0. The summed E-state index contributed by atoms with van der Waals surface area (Å²) in [6.45, 7) is 0. The van der Waals surface area contributed by atoms with Crippen molar-refractivity contribution in [2.45, 2.75) is 23.3 Å². The topological polar surface area (TPSA) is 26.3 Å². The summed E-state index contributed by atoms with van der Waals surface area (Å²) in [5.74, 6) is -0.682. The van der Waals surface area contributed by atoms with Crippen LogP contribution in [-0.4, -0.2) is 5.97 Å². The number of halogens is 7. The lowest BCUT2D eigenvalue weighted by molar-refractivity contribution is -0.143. The number of esters is 1. The van der Waals surface area contributed by atoms with Crippen molar-refractivity contribution >= 4 is 21.9 Å². The molecule has 1 heterocycles. The standard InChI is InChI=1S/C17H9BrF6O2/c18-13(14-11-3-1-2-4-12(11)15(25)26-14)8-5-9(16(19,20)21)7-10(6-8)17(22,23)24/h1-7,13-14H. The van der Waals surface area contributed by atoms with Gasteiger partial charge in [0.1, 0.15) is 6.10 Å². The third kappa shape index (κ3) is 3.44. The lowest BCUT2D eigenvalue weighted by Gasteiger charge is -2.21. The first-order chi connectivity index (χ1) is 12.0. The fourth-order valence-corrected chi connectivity index (χ4v) is 3.36. The normalized spacial score (nSPS) is 18.4. The van der Waals surface area contributed by atoms with Crippen LogP contribution in [0.4, 0.5) is 26.3 Å². The van der Waals surface area contributed by atoms with Gasteiger partial charge in [0.15, 0.2) is 0 Å². The highest BCUT2D eigenvalue weighted by molar-refractivity contribution is 9.09. The Morgan fingerprint density at radius 2 is 1.46 bits per heavy atom. The Hall–Kier alpha value is -2.03. The highest BCUT2D eigenvalue weighted by Gasteiger charge is 2.40. The van der Waals surface area contributed by atoms with Crippen LogP contribution in [0.1, 0.15) is 43.5 Å². The van der Waals surface area contributed by atoms with Crippen LogP contribution in [-0.2, 0) is 17.1 Å². The second-order valence-electron chi connectivity index (χ2n) is 5.65. The number of hydrogen-bond acceptors (Lipinski definition) is 2. The third-order valence-electron chi connectivity index (χ3n) is 3.92. The molecule has 0 saturated carbocycles. The highest BCUT2D eigenvalue weighted by Crippen LogP contribution is 2.46. The van der Waals surface area contributed by atoms with Gasteiger partial charge in [0.2, 0.25) is 0 Å². The van der Waals surface area contributed by atoms with Gasteiger partial charge in [-0.15, -0.1) is 0 Å². The van der Waals surface area contributed by atoms with Crippen molar-refractivity contribution in [2.24, 2.45) is 0 Å². The van der Waals surface area contributed by atoms with Gasteiger partial charge in [0, 0.05) is 5.56 Å². The molecule has 0 aromatic heterocycles. The molecule has 3 rings (SSSR count). The lowest BCUT2D eigenvalue weighted by atomic mass is 9.96. The number of benzene rings is 2. The second-order valence-corrected chi connectivity index (χ2v) is 6.64. The Balaban J connectivity index is 2.08. The lowest BCUT2D eigenvalue weighted by Crippen LogP contribution is -2.14. The molecule has 0 spiro atoms. The summed E-state index contributed by atoms with van der Waals surface area (Å²) < 4.78 is 83.2. The molecule has 138 valence electrons. The van der Waals surface area contributed by atoms with E-state index in [9.17, 15) is 31.1 Å². The SMILES string of the molecule is O=C1OC(C(Br)c2cc(C(F)(F)F)cc(C(F)(F)F)c2)c2ccccc21. The molecule has 26 heavy (non-hydrogen) atoms. The van der Waals surface area contributed by atoms with Gasteiger partial charge in [0.25, 0.3) is 0 Å². The van der Waals surface area contributed by atoms with E-state index in [0.717, 1.165) is 0 Å². The van der Waals surface area contributed by atoms with Crippen molar-refractivity contribution in [3.8, 4) is 0 Å². The number of alkyl halides is 7. The molecule has 0 saturated heterocycles. The number of hydrogen-bond donors (Lipinski definition) is 0. The molecule has 2 aromatic rings. The predicted molar refractivity (Wildman–Crippen MR) is 82.7 cm³/mol. The number of rotatable bonds is 2. The average Bonchev–Trinajstić information content (AvgIpc) is 2.89. The molecule has 2 aromatic carbocycles. The van der Waals surface area contributed by atoms with E-state index in [0.29, 0.717) is 17.7 Å². The molecular weight excluding hydrogens is 430 g/mol. The van der Waals surface area contributed by atoms with Crippen LogP contribution in [0.25, 0.3) is 0 Å². The summed E-state index contributed by atoms with van der Waals surface area (Å²) in [5.41, 5.74) is -2.52. The van der Waals surface area contributed by atoms with E-state index in [1.807, 2.05) is 0 Å². The smallest absolute Gasteiger partial charge is 0.416 e. The average molecular weight is 439 g/mol. The number of carbonyl (C=O) groups is 1. The molecule has 0 radical (unpaired) electrons. The van der Waals surface area contributed by atoms with Gasteiger partial charge in [-0.25, -0.2) is 4.79 Å². The van der Waals surface area contributed by atoms with Gasteiger partial charge in [0.05, 0.1) is 21.5 Å². The van der Waals surface area contributed by atoms with Crippen molar-refractivity contribution in [2.75, 3.05) is 0 Å². The van der Waals surface area contributed by atoms with Gasteiger partial charge in [-0.2, -0.15) is 26.3 Å². The van der Waals surface area contributed by atoms with Gasteiger partial charge in [-0.05, 0) is 29.8 Å². The Morgan fingerprint density at radius 1 is 0.923 bits per heavy atom. The monoisotopic (exact) mass is 438 g/mol. The van der Waals surface area contributed by atoms with Gasteiger partial charge >= 0.3 is 18.3 Å². The Kier molecular flexibility index (Phi) is 4.54. The zero-order valence-electron chi connectivity index (χ0n) is 12.7. The molecule has 0 bridgehead atoms. The molecule has 2 unspecified atom stereocenters. The highest BCUT2D eigenvalue weighted by atomic mass is 79.9. The first-order valence-electron chi connectivity index (χ1n) is 7.22. The van der Waals surface area contributed by atoms with Crippen LogP contribution >= 0.6 is 15.9 Å². The van der Waals surface area contributed by atoms with Crippen LogP contribution in [0, 0.1) is 0 Å². The van der Waals surface area contributed by atoms with Crippen LogP contribution in [0.3, 0.4) is 0 Å². The molecular formula is C17H9BrF6O2. The zero-order valence-corrected chi connectivity index (χ0v) is 14.2. The second kappa shape index (κ2) is 6.29. The van der Waals surface area contributed by atoms with E-state index >= 15 is 0 Å². The van der Waals surface area contributed by atoms with E-state index in [1.165, 1.54) is 12.1 Å². The molecule has 0 amide bonds. The van der Waals surface area contributed by atoms with Crippen molar-refractivity contribution in [1.82, 2.24) is 0 Å². The van der Waals surface area contributed by atoms with Crippen molar-refractivity contribution in [1.29, 1.82) is 0 Å². The van der Waals surface area contributed by atoms with E-state index in [2.05, 4.69) is 15.9 Å². The van der Waals surface area contributed by atoms with Crippen LogP contribution in [0.2, 0.25) is 0 Å². The number of fused-ring (bicyclic) bond motifs is 1. The van der Waals surface area contributed by atoms with E-state index in [1.54, 1.807) is 12.1 Å². The fourth-order valence-electron chi connectivity index (χ4n) is 2.70. The Bertz CT molecular complexity index is 827. The summed E-state index contributed by atoms with van der Waals surface area (Å²) >= 11 is 3.10. The minimum atomic E-state index is -4.95. The minimum absolute atomic E-state index is 0.0534. The predicted octanol–water partition coefficient (Wildman–Crippen LogP) is 6.07. The number of cyclic esters (lactones) is 1. The molecule has 0 N–H and O–H groups in total. The quantitative estimate of drug-likeness (QED) is 0.323. The largest absolute Gasteiger partial charge is 0.452 e. The summed E-state index contributed by atoms with van der Waals surface area (Å²) in [4.78, 5) is 10.8. The van der Waals surface area contributed by atoms with E-state index < -0.39 is 40.4 Å². The van der Waals surface area contributed by atoms with Crippen LogP contribution in [0.5, 0.6) is 0 Å². The van der Waals surface area contributed by atoms with E-state index in [-0.39, 0.29) is 17.2 Å². The van der Waals surface area contributed by atoms with E-state index in [4.69, 9.17) is 4.74 Å². The van der Waals surface area contributed by atoms with Crippen LogP contribution in [0.15, 0.2) is 42.5 Å². The summed E-state index contributed by atoms with van der Waals surface area (Å²) in [6, 6.07) is 7.48. The minimum Gasteiger partial charge on any atom is -0.452 e. The fraction of sp³-hybridized carbons (Fsp3) is 0.235. The first kappa shape index (κ1) is 18.8. The zero-order chi connectivity index (χ0) is 19.3. The number of carbonyl (C=O) groups excluding carboxylic acids is 1. The number of ether oxygens (including phenoxy) is 1. The molecule has 1 aliphatic rings. The summed E-state index contributed by atoms with van der Waals surface area (Å²) in [6.07, 6.45) is -10.9. The van der Waals surface area contributed by atoms with Crippen LogP contribution < -0.4 is 0 Å². The van der Waals surface area contributed by atoms with Gasteiger partial charge in [-0.1, -0.05) is 34.1 Å². The first-order valence-corrected chi connectivity index (χ1v) is 8.13. The molecule has 9 heteroatoms. The molecule has 0 aliphatic carbocycles. The Labute approximate surface area is 151 Å². The van der Waals surface area contributed by atoms with Crippen molar-refractivity contribution in [3.63, 3.8) is 0 Å². The molecule has 2 nitrogen and oxygen atoms in total.